The number of halogens is 1. The zero-order valence-electron chi connectivity index (χ0n) is 19.7. The summed E-state index contributed by atoms with van der Waals surface area (Å²) in [6.07, 6.45) is 5.23. The molecule has 6 nitrogen and oxygen atoms in total. The number of anilines is 1. The highest BCUT2D eigenvalue weighted by atomic mass is 19.1. The standard InChI is InChI=1S/C25H37FN4O2/c1-17-14-29(10-11-30(17)25(32)19-6-4-5-7-19)16-21-12-22(26)13-23(18(21)2)27-24(31)20-8-9-28(3)15-20/h12-13,17,19-20H,4-11,14-16H2,1-3H3,(H,27,31)/t17-,20-/m0/s1. The Kier molecular flexibility index (Phi) is 7.15. The van der Waals surface area contributed by atoms with Gasteiger partial charge in [-0.25, -0.2) is 4.39 Å². The summed E-state index contributed by atoms with van der Waals surface area (Å²) in [5, 5.41) is 2.98. The largest absolute Gasteiger partial charge is 0.337 e. The van der Waals surface area contributed by atoms with Crippen LogP contribution in [0.1, 0.15) is 50.2 Å². The number of amides is 2. The normalized spacial score (nSPS) is 25.4. The Bertz CT molecular complexity index is 855. The van der Waals surface area contributed by atoms with E-state index in [9.17, 15) is 14.0 Å². The maximum atomic E-state index is 14.4. The van der Waals surface area contributed by atoms with Crippen LogP contribution in [0, 0.1) is 24.6 Å². The fraction of sp³-hybridized carbons (Fsp3) is 0.680. The molecule has 7 heteroatoms. The van der Waals surface area contributed by atoms with Crippen molar-refractivity contribution in [3.05, 3.63) is 29.1 Å². The van der Waals surface area contributed by atoms with Crippen LogP contribution in [0.3, 0.4) is 0 Å². The van der Waals surface area contributed by atoms with Gasteiger partial charge >= 0.3 is 0 Å². The quantitative estimate of drug-likeness (QED) is 0.758. The van der Waals surface area contributed by atoms with E-state index in [4.69, 9.17) is 0 Å². The molecule has 3 aliphatic rings. The summed E-state index contributed by atoms with van der Waals surface area (Å²) in [5.74, 6) is 0.131. The third-order valence-corrected chi connectivity index (χ3v) is 7.59. The van der Waals surface area contributed by atoms with E-state index >= 15 is 0 Å². The van der Waals surface area contributed by atoms with Gasteiger partial charge in [-0.3, -0.25) is 14.5 Å². The fourth-order valence-electron chi connectivity index (χ4n) is 5.57. The van der Waals surface area contributed by atoms with Crippen molar-refractivity contribution < 1.29 is 14.0 Å². The molecule has 1 saturated carbocycles. The van der Waals surface area contributed by atoms with E-state index in [0.29, 0.717) is 18.1 Å². The molecule has 2 amide bonds. The van der Waals surface area contributed by atoms with Crippen LogP contribution < -0.4 is 5.32 Å². The minimum absolute atomic E-state index is 0.0262. The van der Waals surface area contributed by atoms with Crippen molar-refractivity contribution in [2.75, 3.05) is 45.1 Å². The van der Waals surface area contributed by atoms with Crippen LogP contribution in [0.5, 0.6) is 0 Å². The minimum atomic E-state index is -0.326. The van der Waals surface area contributed by atoms with Gasteiger partial charge in [-0.05, 0) is 70.0 Å². The molecule has 4 rings (SSSR count). The third-order valence-electron chi connectivity index (χ3n) is 7.59. The molecule has 3 fully saturated rings. The first-order valence-corrected chi connectivity index (χ1v) is 12.1. The summed E-state index contributed by atoms with van der Waals surface area (Å²) in [4.78, 5) is 32.0. The van der Waals surface area contributed by atoms with Crippen LogP contribution in [0.2, 0.25) is 0 Å². The molecular weight excluding hydrogens is 407 g/mol. The van der Waals surface area contributed by atoms with Gasteiger partial charge in [-0.2, -0.15) is 0 Å². The van der Waals surface area contributed by atoms with Crippen LogP contribution in [0.4, 0.5) is 10.1 Å². The summed E-state index contributed by atoms with van der Waals surface area (Å²) in [6.45, 7) is 8.64. The number of rotatable bonds is 5. The third kappa shape index (κ3) is 5.15. The van der Waals surface area contributed by atoms with Crippen molar-refractivity contribution in [3.63, 3.8) is 0 Å². The summed E-state index contributed by atoms with van der Waals surface area (Å²) in [7, 11) is 2.01. The average Bonchev–Trinajstić information content (AvgIpc) is 3.43. The van der Waals surface area contributed by atoms with Crippen molar-refractivity contribution in [1.82, 2.24) is 14.7 Å². The second-order valence-electron chi connectivity index (χ2n) is 10.1. The second kappa shape index (κ2) is 9.87. The highest BCUT2D eigenvalue weighted by Crippen LogP contribution is 2.29. The number of benzene rings is 1. The van der Waals surface area contributed by atoms with E-state index in [1.165, 1.54) is 18.9 Å². The summed E-state index contributed by atoms with van der Waals surface area (Å²) < 4.78 is 14.4. The van der Waals surface area contributed by atoms with Crippen molar-refractivity contribution in [2.24, 2.45) is 11.8 Å². The van der Waals surface area contributed by atoms with Crippen LogP contribution in [-0.2, 0) is 16.1 Å². The molecule has 1 aromatic carbocycles. The van der Waals surface area contributed by atoms with Crippen molar-refractivity contribution >= 4 is 17.5 Å². The lowest BCUT2D eigenvalue weighted by atomic mass is 10.0. The van der Waals surface area contributed by atoms with E-state index in [1.54, 1.807) is 6.07 Å². The van der Waals surface area contributed by atoms with Gasteiger partial charge < -0.3 is 15.1 Å². The second-order valence-corrected chi connectivity index (χ2v) is 10.1. The lowest BCUT2D eigenvalue weighted by molar-refractivity contribution is -0.140. The first kappa shape index (κ1) is 23.2. The Balaban J connectivity index is 1.39. The number of carbonyl (C=O) groups excluding carboxylic acids is 2. The molecule has 2 saturated heterocycles. The van der Waals surface area contributed by atoms with Gasteiger partial charge in [0.25, 0.3) is 0 Å². The van der Waals surface area contributed by atoms with E-state index in [-0.39, 0.29) is 29.6 Å². The van der Waals surface area contributed by atoms with Crippen LogP contribution in [-0.4, -0.2) is 72.3 Å². The fourth-order valence-corrected chi connectivity index (χ4v) is 5.57. The Morgan fingerprint density at radius 3 is 2.47 bits per heavy atom. The van der Waals surface area contributed by atoms with E-state index in [0.717, 1.165) is 63.1 Å². The molecule has 1 aromatic rings. The molecule has 0 unspecified atom stereocenters. The number of piperazine rings is 1. The number of carbonyl (C=O) groups is 2. The highest BCUT2D eigenvalue weighted by Gasteiger charge is 2.33. The van der Waals surface area contributed by atoms with Crippen LogP contribution in [0.15, 0.2) is 12.1 Å². The summed E-state index contributed by atoms with van der Waals surface area (Å²) >= 11 is 0. The predicted molar refractivity (Wildman–Crippen MR) is 124 cm³/mol. The van der Waals surface area contributed by atoms with Gasteiger partial charge in [0.1, 0.15) is 5.82 Å². The molecule has 0 radical (unpaired) electrons. The zero-order valence-corrected chi connectivity index (χ0v) is 19.7. The Labute approximate surface area is 191 Å². The van der Waals surface area contributed by atoms with Gasteiger partial charge in [0.15, 0.2) is 0 Å². The van der Waals surface area contributed by atoms with Gasteiger partial charge in [-0.15, -0.1) is 0 Å². The van der Waals surface area contributed by atoms with E-state index in [2.05, 4.69) is 26.9 Å². The first-order chi connectivity index (χ1) is 15.3. The molecule has 2 heterocycles. The zero-order chi connectivity index (χ0) is 22.8. The van der Waals surface area contributed by atoms with Gasteiger partial charge in [0, 0.05) is 50.4 Å². The molecule has 1 N–H and O–H groups in total. The summed E-state index contributed by atoms with van der Waals surface area (Å²) in [5.41, 5.74) is 2.39. The SMILES string of the molecule is Cc1c(CN2CCN(C(=O)C3CCCC3)[C@@H](C)C2)cc(F)cc1NC(=O)[C@H]1CCN(C)C1. The van der Waals surface area contributed by atoms with E-state index in [1.807, 2.05) is 14.0 Å². The predicted octanol–water partition coefficient (Wildman–Crippen LogP) is 3.25. The first-order valence-electron chi connectivity index (χ1n) is 12.1. The van der Waals surface area contributed by atoms with Gasteiger partial charge in [0.05, 0.1) is 5.92 Å². The molecule has 0 bridgehead atoms. The van der Waals surface area contributed by atoms with Crippen molar-refractivity contribution in [3.8, 4) is 0 Å². The van der Waals surface area contributed by atoms with E-state index < -0.39 is 0 Å². The Hall–Kier alpha value is -1.99. The lowest BCUT2D eigenvalue weighted by Gasteiger charge is -2.41. The minimum Gasteiger partial charge on any atom is -0.337 e. The molecule has 176 valence electrons. The maximum Gasteiger partial charge on any atom is 0.228 e. The monoisotopic (exact) mass is 444 g/mol. The van der Waals surface area contributed by atoms with Crippen LogP contribution >= 0.6 is 0 Å². The number of hydrogen-bond acceptors (Lipinski definition) is 4. The van der Waals surface area contributed by atoms with Crippen molar-refractivity contribution in [2.45, 2.75) is 58.5 Å². The van der Waals surface area contributed by atoms with Crippen molar-refractivity contribution in [1.29, 1.82) is 0 Å². The molecule has 32 heavy (non-hydrogen) atoms. The topological polar surface area (TPSA) is 55.9 Å². The molecule has 0 spiro atoms. The van der Waals surface area contributed by atoms with Crippen LogP contribution in [0.25, 0.3) is 0 Å². The Morgan fingerprint density at radius 1 is 1.06 bits per heavy atom. The number of hydrogen-bond donors (Lipinski definition) is 1. The van der Waals surface area contributed by atoms with Gasteiger partial charge in [-0.1, -0.05) is 12.8 Å². The molecule has 2 aliphatic heterocycles. The number of nitrogens with zero attached hydrogens (tertiary/aromatic N) is 3. The summed E-state index contributed by atoms with van der Waals surface area (Å²) in [6, 6.07) is 3.16. The number of likely N-dealkylation sites (tertiary alicyclic amines) is 1. The highest BCUT2D eigenvalue weighted by molar-refractivity contribution is 5.93. The number of nitrogens with one attached hydrogen (secondary N) is 1. The molecule has 0 aromatic heterocycles. The van der Waals surface area contributed by atoms with Gasteiger partial charge in [0.2, 0.25) is 11.8 Å². The molecular formula is C25H37FN4O2. The Morgan fingerprint density at radius 2 is 1.81 bits per heavy atom. The smallest absolute Gasteiger partial charge is 0.228 e. The molecule has 2 atom stereocenters. The maximum absolute atomic E-state index is 14.4. The molecule has 1 aliphatic carbocycles. The average molecular weight is 445 g/mol. The lowest BCUT2D eigenvalue weighted by Crippen LogP contribution is -2.54.